The van der Waals surface area contributed by atoms with E-state index >= 15 is 0 Å². The molecule has 0 bridgehead atoms. The number of carbonyl (C=O) groups is 1. The fraction of sp³-hybridized carbons (Fsp3) is 0.290. The van der Waals surface area contributed by atoms with Gasteiger partial charge in [0.2, 0.25) is 0 Å². The Bertz CT molecular complexity index is 1540. The summed E-state index contributed by atoms with van der Waals surface area (Å²) in [6, 6.07) is 21.1. The number of anilines is 3. The van der Waals surface area contributed by atoms with Crippen LogP contribution in [0.2, 0.25) is 5.02 Å². The number of rotatable bonds is 10. The minimum atomic E-state index is -1.78. The van der Waals surface area contributed by atoms with Crippen molar-refractivity contribution in [1.29, 1.82) is 5.26 Å². The van der Waals surface area contributed by atoms with E-state index in [1.807, 2.05) is 52.8 Å². The monoisotopic (exact) mass is 608 g/mol. The summed E-state index contributed by atoms with van der Waals surface area (Å²) in [6.45, 7) is 10.6. The maximum absolute atomic E-state index is 13.4. The number of amides is 1. The fourth-order valence-electron chi connectivity index (χ4n) is 3.68. The number of aromatic nitrogens is 2. The number of hydrogen-bond acceptors (Lipinski definition) is 7. The molecule has 1 aromatic heterocycles. The Morgan fingerprint density at radius 1 is 1.00 bits per heavy atom. The molecule has 0 aliphatic carbocycles. The van der Waals surface area contributed by atoms with Gasteiger partial charge in [-0.1, -0.05) is 57.5 Å². The summed E-state index contributed by atoms with van der Waals surface area (Å²) >= 11 is 6.39. The Balaban J connectivity index is 0.00000148. The summed E-state index contributed by atoms with van der Waals surface area (Å²) in [4.78, 5) is 24.2. The normalized spacial score (nSPS) is 10.6. The topological polar surface area (TPSA) is 120 Å². The highest BCUT2D eigenvalue weighted by Gasteiger charge is 2.18. The predicted octanol–water partition coefficient (Wildman–Crippen LogP) is 7.60. The minimum Gasteiger partial charge on any atom is -0.497 e. The maximum atomic E-state index is 13.4. The van der Waals surface area contributed by atoms with Crippen LogP contribution in [0.3, 0.4) is 0 Å². The summed E-state index contributed by atoms with van der Waals surface area (Å²) in [5.74, 6) is 0.915. The van der Waals surface area contributed by atoms with Crippen molar-refractivity contribution in [3.63, 3.8) is 0 Å². The van der Waals surface area contributed by atoms with Crippen molar-refractivity contribution in [2.24, 2.45) is 0 Å². The smallest absolute Gasteiger partial charge is 0.253 e. The molecular formula is C31H37ClN6O3S. The molecule has 9 nitrogen and oxygen atoms in total. The molecule has 222 valence electrons. The highest BCUT2D eigenvalue weighted by atomic mass is 35.5. The average molecular weight is 609 g/mol. The molecule has 1 heterocycles. The molecule has 1 unspecified atom stereocenters. The van der Waals surface area contributed by atoms with E-state index in [0.717, 1.165) is 0 Å². The highest BCUT2D eigenvalue weighted by molar-refractivity contribution is 7.86. The largest absolute Gasteiger partial charge is 0.497 e. The molecule has 0 aliphatic rings. The van der Waals surface area contributed by atoms with Gasteiger partial charge < -0.3 is 15.0 Å². The van der Waals surface area contributed by atoms with Crippen molar-refractivity contribution in [3.8, 4) is 11.8 Å². The van der Waals surface area contributed by atoms with Crippen LogP contribution < -0.4 is 14.8 Å². The highest BCUT2D eigenvalue weighted by Crippen LogP contribution is 2.32. The van der Waals surface area contributed by atoms with E-state index in [1.165, 1.54) is 0 Å². The van der Waals surface area contributed by atoms with Crippen molar-refractivity contribution >= 4 is 56.9 Å². The summed E-state index contributed by atoms with van der Waals surface area (Å²) in [7, 11) is -0.221. The van der Waals surface area contributed by atoms with Gasteiger partial charge in [-0.2, -0.15) is 5.26 Å². The van der Waals surface area contributed by atoms with Crippen molar-refractivity contribution < 1.29 is 13.7 Å². The molecule has 4 rings (SSSR count). The first-order valence-electron chi connectivity index (χ1n) is 13.8. The quantitative estimate of drug-likeness (QED) is 0.190. The van der Waals surface area contributed by atoms with Crippen LogP contribution in [0, 0.1) is 11.3 Å². The van der Waals surface area contributed by atoms with Crippen molar-refractivity contribution in [1.82, 2.24) is 14.9 Å². The second-order valence-electron chi connectivity index (χ2n) is 8.07. The first-order chi connectivity index (χ1) is 20.4. The fourth-order valence-corrected chi connectivity index (χ4v) is 4.71. The number of methoxy groups -OCH3 is 1. The van der Waals surface area contributed by atoms with Crippen LogP contribution in [-0.2, 0) is 11.0 Å². The zero-order valence-electron chi connectivity index (χ0n) is 24.8. The third-order valence-corrected chi connectivity index (χ3v) is 7.03. The van der Waals surface area contributed by atoms with Gasteiger partial charge in [0, 0.05) is 24.7 Å². The lowest BCUT2D eigenvalue weighted by Gasteiger charge is -2.20. The SMILES string of the molecule is CC.CC.CCN(CCC#N)C(=O)c1cccc(S(=O)Nc2nc3ccccc3nc2Nc2cc(OC)ccc2Cl)c1. The van der Waals surface area contributed by atoms with Gasteiger partial charge in [-0.25, -0.2) is 14.2 Å². The Morgan fingerprint density at radius 2 is 1.67 bits per heavy atom. The number of nitrogens with zero attached hydrogens (tertiary/aromatic N) is 4. The first kappa shape index (κ1) is 34.0. The number of fused-ring (bicyclic) bond motifs is 1. The van der Waals surface area contributed by atoms with Gasteiger partial charge in [0.25, 0.3) is 5.91 Å². The molecule has 0 spiro atoms. The average Bonchev–Trinajstić information content (AvgIpc) is 3.04. The summed E-state index contributed by atoms with van der Waals surface area (Å²) < 4.78 is 21.6. The molecule has 3 aromatic carbocycles. The third-order valence-electron chi connectivity index (χ3n) is 5.64. The lowest BCUT2D eigenvalue weighted by atomic mass is 10.2. The van der Waals surface area contributed by atoms with Gasteiger partial charge in [0.1, 0.15) is 5.75 Å². The molecular weight excluding hydrogens is 572 g/mol. The molecule has 42 heavy (non-hydrogen) atoms. The molecule has 4 aromatic rings. The summed E-state index contributed by atoms with van der Waals surface area (Å²) in [6.07, 6.45) is 0.237. The lowest BCUT2D eigenvalue weighted by molar-refractivity contribution is 0.0767. The van der Waals surface area contributed by atoms with E-state index in [2.05, 4.69) is 26.1 Å². The number of benzene rings is 3. The second-order valence-corrected chi connectivity index (χ2v) is 9.69. The van der Waals surface area contributed by atoms with Gasteiger partial charge in [0.05, 0.1) is 46.2 Å². The van der Waals surface area contributed by atoms with E-state index in [-0.39, 0.29) is 18.1 Å². The van der Waals surface area contributed by atoms with E-state index in [4.69, 9.17) is 21.6 Å². The molecule has 0 aliphatic heterocycles. The molecule has 0 saturated carbocycles. The number of ether oxygens (including phenoxy) is 1. The van der Waals surface area contributed by atoms with Crippen molar-refractivity contribution in [2.45, 2.75) is 45.9 Å². The number of carbonyl (C=O) groups excluding carboxylic acids is 1. The molecule has 0 saturated heterocycles. The molecule has 0 fully saturated rings. The van der Waals surface area contributed by atoms with E-state index in [0.29, 0.717) is 56.9 Å². The Hall–Kier alpha value is -4.20. The van der Waals surface area contributed by atoms with Crippen LogP contribution in [0.5, 0.6) is 5.75 Å². The van der Waals surface area contributed by atoms with Crippen molar-refractivity contribution in [3.05, 3.63) is 77.3 Å². The first-order valence-corrected chi connectivity index (χ1v) is 15.3. The Morgan fingerprint density at radius 3 is 2.29 bits per heavy atom. The molecule has 0 radical (unpaired) electrons. The van der Waals surface area contributed by atoms with Gasteiger partial charge in [0.15, 0.2) is 22.6 Å². The van der Waals surface area contributed by atoms with Gasteiger partial charge in [-0.15, -0.1) is 0 Å². The minimum absolute atomic E-state index is 0.234. The van der Waals surface area contributed by atoms with Gasteiger partial charge in [-0.05, 0) is 49.4 Å². The summed E-state index contributed by atoms with van der Waals surface area (Å²) in [5.41, 5.74) is 2.15. The Kier molecular flexibility index (Phi) is 14.2. The molecule has 1 amide bonds. The number of nitriles is 1. The van der Waals surface area contributed by atoms with Crippen LogP contribution >= 0.6 is 11.6 Å². The van der Waals surface area contributed by atoms with Crippen LogP contribution in [0.1, 0.15) is 51.4 Å². The van der Waals surface area contributed by atoms with E-state index < -0.39 is 11.0 Å². The number of halogens is 1. The van der Waals surface area contributed by atoms with Gasteiger partial charge in [-0.3, -0.25) is 9.52 Å². The van der Waals surface area contributed by atoms with Crippen LogP contribution in [0.4, 0.5) is 17.3 Å². The van der Waals surface area contributed by atoms with E-state index in [1.54, 1.807) is 60.5 Å². The summed E-state index contributed by atoms with van der Waals surface area (Å²) in [5, 5.41) is 12.5. The number of nitrogens with one attached hydrogen (secondary N) is 2. The number of para-hydroxylation sites is 2. The zero-order valence-corrected chi connectivity index (χ0v) is 26.3. The standard InChI is InChI=1S/C27H25ClN6O3S.2C2H6/c1-3-34(15-7-14-29)27(35)18-8-6-9-20(16-18)38(36)33-26-25(30-22-10-4-5-11-23(22)31-26)32-24-17-19(37-2)12-13-21(24)28;2*1-2/h4-6,8-13,16-17H,3,7,15H2,1-2H3,(H,30,32)(H,31,33);2*1-2H3. The van der Waals surface area contributed by atoms with Crippen molar-refractivity contribution in [2.75, 3.05) is 30.2 Å². The van der Waals surface area contributed by atoms with Crippen LogP contribution in [0.25, 0.3) is 11.0 Å². The molecule has 11 heteroatoms. The lowest BCUT2D eigenvalue weighted by Crippen LogP contribution is -2.31. The number of hydrogen-bond donors (Lipinski definition) is 2. The predicted molar refractivity (Wildman–Crippen MR) is 172 cm³/mol. The second kappa shape index (κ2) is 17.6. The maximum Gasteiger partial charge on any atom is 0.253 e. The molecule has 2 N–H and O–H groups in total. The van der Waals surface area contributed by atoms with Crippen LogP contribution in [0.15, 0.2) is 71.6 Å². The third kappa shape index (κ3) is 8.90. The Labute approximate surface area is 255 Å². The zero-order chi connectivity index (χ0) is 31.1. The van der Waals surface area contributed by atoms with Crippen LogP contribution in [-0.4, -0.2) is 45.2 Å². The van der Waals surface area contributed by atoms with E-state index in [9.17, 15) is 9.00 Å². The van der Waals surface area contributed by atoms with Gasteiger partial charge >= 0.3 is 0 Å². The molecule has 1 atom stereocenters.